The van der Waals surface area contributed by atoms with E-state index in [2.05, 4.69) is 79.9 Å². The highest BCUT2D eigenvalue weighted by Gasteiger charge is 2.44. The summed E-state index contributed by atoms with van der Waals surface area (Å²) in [5, 5.41) is 0. The van der Waals surface area contributed by atoms with Gasteiger partial charge in [0, 0.05) is 12.5 Å². The van der Waals surface area contributed by atoms with Crippen molar-refractivity contribution in [3.63, 3.8) is 0 Å². The van der Waals surface area contributed by atoms with Gasteiger partial charge >= 0.3 is 0 Å². The normalized spacial score (nSPS) is 17.7. The Bertz CT molecular complexity index is 713. The Balaban J connectivity index is 1.78. The van der Waals surface area contributed by atoms with Crippen molar-refractivity contribution in [1.82, 2.24) is 4.57 Å². The topological polar surface area (TPSA) is 20.3 Å². The molecule has 0 spiro atoms. The largest absolute Gasteiger partial charge is 0.366 e. The first kappa shape index (κ1) is 18.9. The van der Waals surface area contributed by atoms with E-state index in [1.54, 1.807) is 0 Å². The summed E-state index contributed by atoms with van der Waals surface area (Å²) in [5.74, 6) is 0.410. The Morgan fingerprint density at radius 2 is 1.46 bits per heavy atom. The fourth-order valence-corrected chi connectivity index (χ4v) is 8.74. The van der Waals surface area contributed by atoms with Crippen LogP contribution in [0.15, 0.2) is 54.6 Å². The molecule has 1 saturated heterocycles. The number of carbonyl (C=O) groups is 1. The first-order chi connectivity index (χ1) is 12.6. The number of amides is 1. The van der Waals surface area contributed by atoms with E-state index in [1.807, 2.05) is 0 Å². The molecule has 1 unspecified atom stereocenters. The zero-order chi connectivity index (χ0) is 18.6. The minimum absolute atomic E-state index is 0.400. The van der Waals surface area contributed by atoms with Crippen LogP contribution in [0.5, 0.6) is 0 Å². The smallest absolute Gasteiger partial charge is 0.215 e. The van der Waals surface area contributed by atoms with Crippen LogP contribution in [0.25, 0.3) is 11.1 Å². The fraction of sp³-hybridized carbons (Fsp3) is 0.435. The third-order valence-electron chi connectivity index (χ3n) is 6.34. The van der Waals surface area contributed by atoms with Crippen molar-refractivity contribution in [2.45, 2.75) is 64.2 Å². The molecule has 2 aromatic carbocycles. The van der Waals surface area contributed by atoms with Crippen molar-refractivity contribution < 1.29 is 4.79 Å². The van der Waals surface area contributed by atoms with Crippen molar-refractivity contribution in [2.75, 3.05) is 0 Å². The van der Waals surface area contributed by atoms with Gasteiger partial charge in [-0.05, 0) is 47.7 Å². The van der Waals surface area contributed by atoms with E-state index >= 15 is 0 Å². The molecule has 1 aliphatic heterocycles. The Morgan fingerprint density at radius 1 is 0.885 bits per heavy atom. The van der Waals surface area contributed by atoms with Crippen LogP contribution in [0.4, 0.5) is 0 Å². The highest BCUT2D eigenvalue weighted by atomic mass is 28.3. The third kappa shape index (κ3) is 3.63. The van der Waals surface area contributed by atoms with Gasteiger partial charge in [0.2, 0.25) is 5.91 Å². The van der Waals surface area contributed by atoms with Crippen LogP contribution >= 0.6 is 0 Å². The molecule has 2 nitrogen and oxygen atoms in total. The van der Waals surface area contributed by atoms with Crippen LogP contribution in [-0.4, -0.2) is 24.7 Å². The van der Waals surface area contributed by atoms with Crippen molar-refractivity contribution >= 4 is 14.1 Å². The SMILES string of the molecule is CC[Si](CC)(CC)N1C(=O)CCC1Cc1ccc(-c2ccccc2)cc1. The lowest BCUT2D eigenvalue weighted by molar-refractivity contribution is -0.125. The number of carbonyl (C=O) groups excluding carboxylic acids is 1. The summed E-state index contributed by atoms with van der Waals surface area (Å²) in [6, 6.07) is 23.4. The lowest BCUT2D eigenvalue weighted by Crippen LogP contribution is -2.56. The Hall–Kier alpha value is -1.87. The minimum atomic E-state index is -1.64. The van der Waals surface area contributed by atoms with Crippen LogP contribution < -0.4 is 0 Å². The molecule has 0 bridgehead atoms. The summed E-state index contributed by atoms with van der Waals surface area (Å²) in [4.78, 5) is 12.7. The maximum absolute atomic E-state index is 12.7. The molecular weight excluding hydrogens is 334 g/mol. The van der Waals surface area contributed by atoms with Gasteiger partial charge in [0.1, 0.15) is 0 Å². The minimum Gasteiger partial charge on any atom is -0.366 e. The zero-order valence-corrected chi connectivity index (χ0v) is 17.4. The molecule has 1 atom stereocenters. The van der Waals surface area contributed by atoms with Crippen molar-refractivity contribution in [3.05, 3.63) is 60.2 Å². The Kier molecular flexibility index (Phi) is 5.97. The maximum atomic E-state index is 12.7. The standard InChI is InChI=1S/C23H31NOSi/c1-4-26(5-2,6-3)24-22(16-17-23(24)25)18-19-12-14-21(15-13-19)20-10-8-7-9-11-20/h7-15,22H,4-6,16-18H2,1-3H3. The van der Waals surface area contributed by atoms with Gasteiger partial charge in [-0.2, -0.15) is 0 Å². The predicted octanol–water partition coefficient (Wildman–Crippen LogP) is 5.89. The van der Waals surface area contributed by atoms with E-state index in [-0.39, 0.29) is 0 Å². The van der Waals surface area contributed by atoms with Gasteiger partial charge in [0.05, 0.1) is 0 Å². The first-order valence-electron chi connectivity index (χ1n) is 10.1. The second-order valence-corrected chi connectivity index (χ2v) is 12.6. The van der Waals surface area contributed by atoms with Crippen molar-refractivity contribution in [3.8, 4) is 11.1 Å². The van der Waals surface area contributed by atoms with E-state index < -0.39 is 8.24 Å². The molecule has 0 N–H and O–H groups in total. The van der Waals surface area contributed by atoms with E-state index in [0.29, 0.717) is 11.9 Å². The van der Waals surface area contributed by atoms with Crippen LogP contribution in [0.1, 0.15) is 39.2 Å². The van der Waals surface area contributed by atoms with E-state index in [0.717, 1.165) is 19.3 Å². The molecule has 3 rings (SSSR count). The second kappa shape index (κ2) is 8.21. The van der Waals surface area contributed by atoms with Crippen LogP contribution in [0, 0.1) is 0 Å². The summed E-state index contributed by atoms with van der Waals surface area (Å²) >= 11 is 0. The monoisotopic (exact) mass is 365 g/mol. The third-order valence-corrected chi connectivity index (χ3v) is 11.9. The number of hydrogen-bond donors (Lipinski definition) is 0. The molecule has 1 fully saturated rings. The summed E-state index contributed by atoms with van der Waals surface area (Å²) in [5.41, 5.74) is 3.86. The molecule has 1 aliphatic rings. The predicted molar refractivity (Wildman–Crippen MR) is 113 cm³/mol. The van der Waals surface area contributed by atoms with Gasteiger partial charge < -0.3 is 4.57 Å². The molecule has 0 aliphatic carbocycles. The molecule has 1 heterocycles. The average Bonchev–Trinajstić information content (AvgIpc) is 3.06. The highest BCUT2D eigenvalue weighted by Crippen LogP contribution is 2.34. The number of benzene rings is 2. The lowest BCUT2D eigenvalue weighted by atomic mass is 10.0. The lowest BCUT2D eigenvalue weighted by Gasteiger charge is -2.42. The van der Waals surface area contributed by atoms with Gasteiger partial charge in [0.25, 0.3) is 0 Å². The van der Waals surface area contributed by atoms with Gasteiger partial charge in [-0.15, -0.1) is 0 Å². The number of hydrogen-bond acceptors (Lipinski definition) is 1. The van der Waals surface area contributed by atoms with Crippen LogP contribution in [-0.2, 0) is 11.2 Å². The number of nitrogens with zero attached hydrogens (tertiary/aromatic N) is 1. The molecular formula is C23H31NOSi. The highest BCUT2D eigenvalue weighted by molar-refractivity contribution is 6.79. The van der Waals surface area contributed by atoms with Gasteiger partial charge in [-0.3, -0.25) is 4.79 Å². The summed E-state index contributed by atoms with van der Waals surface area (Å²) in [7, 11) is -1.64. The van der Waals surface area contributed by atoms with Gasteiger partial charge in [-0.1, -0.05) is 75.4 Å². The average molecular weight is 366 g/mol. The van der Waals surface area contributed by atoms with E-state index in [1.165, 1.54) is 34.8 Å². The first-order valence-corrected chi connectivity index (χ1v) is 12.7. The van der Waals surface area contributed by atoms with E-state index in [4.69, 9.17) is 0 Å². The molecule has 0 saturated carbocycles. The number of rotatable bonds is 7. The zero-order valence-electron chi connectivity index (χ0n) is 16.4. The second-order valence-electron chi connectivity index (χ2n) is 7.51. The maximum Gasteiger partial charge on any atom is 0.215 e. The van der Waals surface area contributed by atoms with Crippen LogP contribution in [0.2, 0.25) is 18.1 Å². The summed E-state index contributed by atoms with van der Waals surface area (Å²) in [6.45, 7) is 6.86. The summed E-state index contributed by atoms with van der Waals surface area (Å²) in [6.07, 6.45) is 2.76. The Labute approximate surface area is 159 Å². The van der Waals surface area contributed by atoms with Gasteiger partial charge in [0.15, 0.2) is 8.24 Å². The molecule has 2 aromatic rings. The fourth-order valence-electron chi connectivity index (χ4n) is 4.59. The molecule has 138 valence electrons. The summed E-state index contributed by atoms with van der Waals surface area (Å²) < 4.78 is 2.39. The molecule has 1 amide bonds. The van der Waals surface area contributed by atoms with E-state index in [9.17, 15) is 4.79 Å². The quantitative estimate of drug-likeness (QED) is 0.560. The molecule has 3 heteroatoms. The molecule has 0 aromatic heterocycles. The van der Waals surface area contributed by atoms with Crippen molar-refractivity contribution in [2.24, 2.45) is 0 Å². The van der Waals surface area contributed by atoms with Crippen molar-refractivity contribution in [1.29, 1.82) is 0 Å². The Morgan fingerprint density at radius 3 is 2.04 bits per heavy atom. The molecule has 0 radical (unpaired) electrons. The van der Waals surface area contributed by atoms with Crippen LogP contribution in [0.3, 0.4) is 0 Å². The molecule has 26 heavy (non-hydrogen) atoms. The van der Waals surface area contributed by atoms with Gasteiger partial charge in [-0.25, -0.2) is 0 Å².